The smallest absolute Gasteiger partial charge is 0.328 e. The van der Waals surface area contributed by atoms with Crippen LogP contribution >= 0.6 is 0 Å². The highest BCUT2D eigenvalue weighted by atomic mass is 16.4. The van der Waals surface area contributed by atoms with Gasteiger partial charge in [-0.25, -0.2) is 0 Å². The lowest BCUT2D eigenvalue weighted by Crippen LogP contribution is -2.34. The fourth-order valence-corrected chi connectivity index (χ4v) is 4.91. The van der Waals surface area contributed by atoms with E-state index in [0.717, 1.165) is 50.9 Å². The van der Waals surface area contributed by atoms with E-state index in [1.54, 1.807) is 12.1 Å². The molecule has 4 unspecified atom stereocenters. The molecule has 0 radical (unpaired) electrons. The monoisotopic (exact) mass is 532 g/mol. The van der Waals surface area contributed by atoms with E-state index in [0.29, 0.717) is 11.7 Å². The van der Waals surface area contributed by atoms with Crippen molar-refractivity contribution < 1.29 is 14.3 Å². The summed E-state index contributed by atoms with van der Waals surface area (Å²) in [5.41, 5.74) is 10.0. The van der Waals surface area contributed by atoms with E-state index < -0.39 is 12.0 Å². The molecule has 6 N–H and O–H groups in total. The summed E-state index contributed by atoms with van der Waals surface area (Å²) in [6.45, 7) is 6.80. The molecule has 0 fully saturated rings. The van der Waals surface area contributed by atoms with Gasteiger partial charge in [-0.2, -0.15) is 0 Å². The van der Waals surface area contributed by atoms with Crippen LogP contribution in [-0.2, 0) is 11.2 Å². The van der Waals surface area contributed by atoms with E-state index in [2.05, 4.69) is 48.0 Å². The Balaban J connectivity index is 1.56. The standard InChI is InChI=1S/C32H44N4O3/c1-3-25(29(35-4-2)23-27(33)22-24-12-7-5-8-13-24)17-19-34-20-18-28(26-14-9-6-10-15-26)36-31(32(37)38)30-16-11-21-39-30/h5-16,21,23,25,27-28,31,34-36H,3-4,17-20,22,33H2,1-2H3,(H,37,38)/b29-23-. The van der Waals surface area contributed by atoms with Crippen LogP contribution in [0.15, 0.2) is 95.2 Å². The first-order valence-corrected chi connectivity index (χ1v) is 14.0. The Labute approximate surface area is 232 Å². The zero-order valence-electron chi connectivity index (χ0n) is 23.2. The summed E-state index contributed by atoms with van der Waals surface area (Å²) in [7, 11) is 0. The molecule has 0 spiro atoms. The summed E-state index contributed by atoms with van der Waals surface area (Å²) in [6, 6.07) is 22.6. The van der Waals surface area contributed by atoms with Gasteiger partial charge in [0.1, 0.15) is 5.76 Å². The Kier molecular flexibility index (Phi) is 12.8. The summed E-state index contributed by atoms with van der Waals surface area (Å²) in [5.74, 6) is -0.175. The molecule has 7 nitrogen and oxygen atoms in total. The third kappa shape index (κ3) is 10.0. The highest BCUT2D eigenvalue weighted by Crippen LogP contribution is 2.23. The van der Waals surface area contributed by atoms with Crippen LogP contribution in [0.5, 0.6) is 0 Å². The number of hydrogen-bond donors (Lipinski definition) is 5. The van der Waals surface area contributed by atoms with Crippen molar-refractivity contribution in [1.82, 2.24) is 16.0 Å². The van der Waals surface area contributed by atoms with Gasteiger partial charge < -0.3 is 25.9 Å². The predicted octanol–water partition coefficient (Wildman–Crippen LogP) is 5.20. The molecular weight excluding hydrogens is 488 g/mol. The quantitative estimate of drug-likeness (QED) is 0.143. The molecule has 0 aliphatic rings. The van der Waals surface area contributed by atoms with E-state index in [-0.39, 0.29) is 12.1 Å². The van der Waals surface area contributed by atoms with Gasteiger partial charge in [0.2, 0.25) is 0 Å². The molecule has 1 heterocycles. The van der Waals surface area contributed by atoms with Gasteiger partial charge in [-0.3, -0.25) is 10.1 Å². The maximum atomic E-state index is 12.0. The van der Waals surface area contributed by atoms with Crippen LogP contribution in [0.2, 0.25) is 0 Å². The van der Waals surface area contributed by atoms with Gasteiger partial charge in [0.15, 0.2) is 6.04 Å². The normalized spacial score (nSPS) is 14.9. The Morgan fingerprint density at radius 3 is 2.28 bits per heavy atom. The van der Waals surface area contributed by atoms with E-state index in [1.807, 2.05) is 48.5 Å². The van der Waals surface area contributed by atoms with Crippen molar-refractivity contribution in [3.8, 4) is 0 Å². The van der Waals surface area contributed by atoms with Crippen molar-refractivity contribution in [1.29, 1.82) is 0 Å². The lowest BCUT2D eigenvalue weighted by atomic mass is 9.95. The lowest BCUT2D eigenvalue weighted by Gasteiger charge is -2.24. The van der Waals surface area contributed by atoms with Crippen LogP contribution in [0.4, 0.5) is 0 Å². The van der Waals surface area contributed by atoms with Crippen molar-refractivity contribution in [2.45, 2.75) is 57.7 Å². The molecule has 0 saturated heterocycles. The zero-order valence-corrected chi connectivity index (χ0v) is 23.2. The van der Waals surface area contributed by atoms with Gasteiger partial charge in [0.25, 0.3) is 0 Å². The van der Waals surface area contributed by atoms with Gasteiger partial charge in [-0.05, 0) is 81.0 Å². The summed E-state index contributed by atoms with van der Waals surface area (Å²) >= 11 is 0. The average Bonchev–Trinajstić information content (AvgIpc) is 3.47. The van der Waals surface area contributed by atoms with E-state index in [4.69, 9.17) is 10.2 Å². The minimum atomic E-state index is -0.960. The second-order valence-electron chi connectivity index (χ2n) is 9.86. The maximum Gasteiger partial charge on any atom is 0.328 e. The molecule has 0 saturated carbocycles. The summed E-state index contributed by atoms with van der Waals surface area (Å²) in [5, 5.41) is 20.3. The number of carbonyl (C=O) groups is 1. The number of benzene rings is 2. The van der Waals surface area contributed by atoms with Gasteiger partial charge in [0, 0.05) is 24.3 Å². The fraction of sp³-hybridized carbons (Fsp3) is 0.406. The number of rotatable bonds is 18. The minimum absolute atomic E-state index is 0.0440. The van der Waals surface area contributed by atoms with Crippen LogP contribution in [0.25, 0.3) is 0 Å². The highest BCUT2D eigenvalue weighted by Gasteiger charge is 2.26. The summed E-state index contributed by atoms with van der Waals surface area (Å²) < 4.78 is 5.40. The molecule has 3 aromatic rings. The topological polar surface area (TPSA) is 113 Å². The van der Waals surface area contributed by atoms with Crippen molar-refractivity contribution in [2.24, 2.45) is 11.7 Å². The number of carboxylic acids is 1. The Hall–Kier alpha value is -3.39. The molecule has 4 atom stereocenters. The first-order valence-electron chi connectivity index (χ1n) is 14.0. The summed E-state index contributed by atoms with van der Waals surface area (Å²) in [4.78, 5) is 12.0. The number of carboxylic acid groups (broad SMARTS) is 1. The lowest BCUT2D eigenvalue weighted by molar-refractivity contribution is -0.140. The van der Waals surface area contributed by atoms with Crippen LogP contribution in [0, 0.1) is 5.92 Å². The zero-order chi connectivity index (χ0) is 27.9. The van der Waals surface area contributed by atoms with E-state index in [9.17, 15) is 9.90 Å². The van der Waals surface area contributed by atoms with Crippen LogP contribution in [-0.4, -0.2) is 36.8 Å². The largest absolute Gasteiger partial charge is 0.480 e. The molecule has 0 bridgehead atoms. The van der Waals surface area contributed by atoms with Gasteiger partial charge in [-0.15, -0.1) is 0 Å². The number of furan rings is 1. The van der Waals surface area contributed by atoms with Gasteiger partial charge >= 0.3 is 5.97 Å². The average molecular weight is 533 g/mol. The highest BCUT2D eigenvalue weighted by molar-refractivity contribution is 5.74. The minimum Gasteiger partial charge on any atom is -0.480 e. The molecular formula is C32H44N4O3. The van der Waals surface area contributed by atoms with Crippen LogP contribution in [0.1, 0.15) is 62.1 Å². The molecule has 39 heavy (non-hydrogen) atoms. The maximum absolute atomic E-state index is 12.0. The summed E-state index contributed by atoms with van der Waals surface area (Å²) in [6.07, 6.45) is 7.26. The van der Waals surface area contributed by atoms with Gasteiger partial charge in [0.05, 0.1) is 6.26 Å². The Morgan fingerprint density at radius 1 is 0.974 bits per heavy atom. The third-order valence-electron chi connectivity index (χ3n) is 6.95. The van der Waals surface area contributed by atoms with E-state index in [1.165, 1.54) is 17.5 Å². The Morgan fingerprint density at radius 2 is 1.67 bits per heavy atom. The van der Waals surface area contributed by atoms with E-state index >= 15 is 0 Å². The second-order valence-corrected chi connectivity index (χ2v) is 9.86. The first-order chi connectivity index (χ1) is 19.0. The molecule has 0 amide bonds. The van der Waals surface area contributed by atoms with Crippen molar-refractivity contribution in [3.63, 3.8) is 0 Å². The number of allylic oxidation sites excluding steroid dienone is 1. The van der Waals surface area contributed by atoms with Crippen molar-refractivity contribution in [2.75, 3.05) is 19.6 Å². The van der Waals surface area contributed by atoms with Gasteiger partial charge in [-0.1, -0.05) is 67.6 Å². The fourth-order valence-electron chi connectivity index (χ4n) is 4.91. The molecule has 2 aromatic carbocycles. The SMILES string of the molecule is CCN/C(=C\C(N)Cc1ccccc1)C(CC)CCNCCC(NC(C(=O)O)c1ccco1)c1ccccc1. The third-order valence-corrected chi connectivity index (χ3v) is 6.95. The molecule has 0 aliphatic carbocycles. The number of aliphatic carboxylic acids is 1. The van der Waals surface area contributed by atoms with Crippen LogP contribution in [0.3, 0.4) is 0 Å². The first kappa shape index (κ1) is 30.2. The van der Waals surface area contributed by atoms with Crippen LogP contribution < -0.4 is 21.7 Å². The number of nitrogens with two attached hydrogens (primary N) is 1. The molecule has 210 valence electrons. The van der Waals surface area contributed by atoms with Crippen molar-refractivity contribution >= 4 is 5.97 Å². The molecule has 0 aliphatic heterocycles. The molecule has 1 aromatic heterocycles. The predicted molar refractivity (Wildman–Crippen MR) is 157 cm³/mol. The number of hydrogen-bond acceptors (Lipinski definition) is 6. The second kappa shape index (κ2) is 16.5. The molecule has 3 rings (SSSR count). The number of nitrogens with one attached hydrogen (secondary N) is 3. The Bertz CT molecular complexity index is 1100. The molecule has 7 heteroatoms. The van der Waals surface area contributed by atoms with Crippen molar-refractivity contribution in [3.05, 3.63) is 108 Å².